The summed E-state index contributed by atoms with van der Waals surface area (Å²) >= 11 is 5.61. The van der Waals surface area contributed by atoms with Crippen molar-refractivity contribution in [1.82, 2.24) is 9.55 Å². The molecule has 4 rings (SSSR count). The Labute approximate surface area is 163 Å². The van der Waals surface area contributed by atoms with Crippen molar-refractivity contribution >= 4 is 18.2 Å². The van der Waals surface area contributed by atoms with Crippen molar-refractivity contribution in [1.29, 1.82) is 0 Å². The zero-order valence-electron chi connectivity index (χ0n) is 15.1. The van der Waals surface area contributed by atoms with Gasteiger partial charge in [0.15, 0.2) is 0 Å². The van der Waals surface area contributed by atoms with Crippen LogP contribution in [0.25, 0.3) is 17.1 Å². The van der Waals surface area contributed by atoms with Crippen molar-refractivity contribution < 1.29 is 9.90 Å². The first kappa shape index (κ1) is 17.6. The predicted molar refractivity (Wildman–Crippen MR) is 108 cm³/mol. The Morgan fingerprint density at radius 2 is 1.70 bits per heavy atom. The van der Waals surface area contributed by atoms with E-state index in [9.17, 15) is 9.90 Å². The third kappa shape index (κ3) is 3.30. The number of rotatable bonds is 3. The van der Waals surface area contributed by atoms with Crippen molar-refractivity contribution in [2.24, 2.45) is 0 Å². The van der Waals surface area contributed by atoms with E-state index in [0.717, 1.165) is 48.3 Å². The van der Waals surface area contributed by atoms with Gasteiger partial charge in [-0.3, -0.25) is 4.57 Å². The van der Waals surface area contributed by atoms with Crippen LogP contribution in [0, 0.1) is 11.6 Å². The third-order valence-corrected chi connectivity index (χ3v) is 5.41. The van der Waals surface area contributed by atoms with E-state index in [4.69, 9.17) is 17.2 Å². The zero-order valence-corrected chi connectivity index (χ0v) is 15.9. The van der Waals surface area contributed by atoms with Crippen LogP contribution in [-0.2, 0) is 12.8 Å². The number of fused-ring (bicyclic) bond motifs is 1. The average molecular weight is 376 g/mol. The van der Waals surface area contributed by atoms with Crippen molar-refractivity contribution in [2.45, 2.75) is 32.6 Å². The van der Waals surface area contributed by atoms with Gasteiger partial charge in [0.1, 0.15) is 10.5 Å². The van der Waals surface area contributed by atoms with Crippen LogP contribution in [-0.4, -0.2) is 20.6 Å². The maximum atomic E-state index is 11.2. The first-order valence-electron chi connectivity index (χ1n) is 9.10. The van der Waals surface area contributed by atoms with Gasteiger partial charge in [0.25, 0.3) is 0 Å². The molecule has 0 fully saturated rings. The highest BCUT2D eigenvalue weighted by molar-refractivity contribution is 7.71. The van der Waals surface area contributed by atoms with Crippen molar-refractivity contribution in [3.8, 4) is 17.1 Å². The number of aromatic nitrogens is 2. The SMILES string of the molecule is Cc1ccc(-c2nc(=S)c3c(n2-c2ccc(C(=O)O)cc2)CCCC3)cc1. The molecule has 0 atom stereocenters. The summed E-state index contributed by atoms with van der Waals surface area (Å²) in [6.45, 7) is 2.06. The number of hydrogen-bond acceptors (Lipinski definition) is 3. The smallest absolute Gasteiger partial charge is 0.335 e. The van der Waals surface area contributed by atoms with Gasteiger partial charge in [0.2, 0.25) is 0 Å². The molecule has 0 unspecified atom stereocenters. The summed E-state index contributed by atoms with van der Waals surface area (Å²) in [7, 11) is 0. The summed E-state index contributed by atoms with van der Waals surface area (Å²) in [4.78, 5) is 16.0. The molecular formula is C22H20N2O2S. The fourth-order valence-corrected chi connectivity index (χ4v) is 3.94. The van der Waals surface area contributed by atoms with Crippen LogP contribution >= 0.6 is 12.2 Å². The average Bonchev–Trinajstić information content (AvgIpc) is 2.69. The molecule has 0 spiro atoms. The lowest BCUT2D eigenvalue weighted by molar-refractivity contribution is 0.0697. The lowest BCUT2D eigenvalue weighted by Crippen LogP contribution is -2.17. The predicted octanol–water partition coefficient (Wildman–Crippen LogP) is 5.15. The first-order chi connectivity index (χ1) is 13.0. The number of carbonyl (C=O) groups is 1. The molecule has 1 aliphatic carbocycles. The number of carboxylic acid groups (broad SMARTS) is 1. The van der Waals surface area contributed by atoms with Gasteiger partial charge in [-0.05, 0) is 56.9 Å². The number of nitrogens with zero attached hydrogens (tertiary/aromatic N) is 2. The van der Waals surface area contributed by atoms with E-state index in [2.05, 4.69) is 35.8 Å². The monoisotopic (exact) mass is 376 g/mol. The van der Waals surface area contributed by atoms with Gasteiger partial charge in [-0.15, -0.1) is 0 Å². The van der Waals surface area contributed by atoms with Crippen LogP contribution in [0.3, 0.4) is 0 Å². The highest BCUT2D eigenvalue weighted by atomic mass is 32.1. The lowest BCUT2D eigenvalue weighted by Gasteiger charge is -2.24. The molecule has 2 aromatic carbocycles. The zero-order chi connectivity index (χ0) is 19.0. The van der Waals surface area contributed by atoms with E-state index in [1.54, 1.807) is 12.1 Å². The van der Waals surface area contributed by atoms with E-state index in [0.29, 0.717) is 4.64 Å². The Morgan fingerprint density at radius 3 is 2.37 bits per heavy atom. The fraction of sp³-hybridized carbons (Fsp3) is 0.227. The molecule has 3 aromatic rings. The number of benzene rings is 2. The molecule has 0 bridgehead atoms. The van der Waals surface area contributed by atoms with Crippen LogP contribution in [0.2, 0.25) is 0 Å². The molecule has 27 heavy (non-hydrogen) atoms. The van der Waals surface area contributed by atoms with E-state index in [1.165, 1.54) is 11.3 Å². The summed E-state index contributed by atoms with van der Waals surface area (Å²) < 4.78 is 2.83. The van der Waals surface area contributed by atoms with E-state index in [-0.39, 0.29) is 5.56 Å². The Kier molecular flexibility index (Phi) is 4.62. The molecule has 0 radical (unpaired) electrons. The Balaban J connectivity index is 1.98. The maximum Gasteiger partial charge on any atom is 0.335 e. The molecule has 4 nitrogen and oxygen atoms in total. The number of carboxylic acids is 1. The van der Waals surface area contributed by atoms with Crippen LogP contribution < -0.4 is 0 Å². The van der Waals surface area contributed by atoms with Crippen molar-refractivity contribution in [3.63, 3.8) is 0 Å². The highest BCUT2D eigenvalue weighted by Crippen LogP contribution is 2.30. The molecule has 0 amide bonds. The van der Waals surface area contributed by atoms with Crippen LogP contribution in [0.1, 0.15) is 40.0 Å². The highest BCUT2D eigenvalue weighted by Gasteiger charge is 2.20. The third-order valence-electron chi connectivity index (χ3n) is 5.07. The summed E-state index contributed by atoms with van der Waals surface area (Å²) in [6.07, 6.45) is 4.13. The largest absolute Gasteiger partial charge is 0.478 e. The van der Waals surface area contributed by atoms with Gasteiger partial charge >= 0.3 is 5.97 Å². The summed E-state index contributed by atoms with van der Waals surface area (Å²) in [5.74, 6) is -0.116. The Morgan fingerprint density at radius 1 is 1.04 bits per heavy atom. The minimum atomic E-state index is -0.925. The minimum Gasteiger partial charge on any atom is -0.478 e. The molecule has 0 saturated carbocycles. The first-order valence-corrected chi connectivity index (χ1v) is 9.51. The van der Waals surface area contributed by atoms with Crippen molar-refractivity contribution in [3.05, 3.63) is 75.6 Å². The second-order valence-electron chi connectivity index (χ2n) is 6.93. The topological polar surface area (TPSA) is 55.1 Å². The summed E-state index contributed by atoms with van der Waals surface area (Å²) in [5, 5.41) is 9.20. The van der Waals surface area contributed by atoms with Gasteiger partial charge in [-0.1, -0.05) is 42.0 Å². The number of hydrogen-bond donors (Lipinski definition) is 1. The van der Waals surface area contributed by atoms with E-state index < -0.39 is 5.97 Å². The summed E-state index contributed by atoms with van der Waals surface area (Å²) in [5.41, 5.74) is 5.72. The molecule has 5 heteroatoms. The van der Waals surface area contributed by atoms with Gasteiger partial charge in [0.05, 0.1) is 5.56 Å². The minimum absolute atomic E-state index is 0.276. The molecule has 1 N–H and O–H groups in total. The van der Waals surface area contributed by atoms with Gasteiger partial charge in [-0.2, -0.15) is 0 Å². The molecule has 0 saturated heterocycles. The number of aryl methyl sites for hydroxylation is 1. The molecule has 1 heterocycles. The van der Waals surface area contributed by atoms with Gasteiger partial charge < -0.3 is 5.11 Å². The fourth-order valence-electron chi connectivity index (χ4n) is 3.64. The quantitative estimate of drug-likeness (QED) is 0.642. The lowest BCUT2D eigenvalue weighted by atomic mass is 9.96. The Bertz CT molecular complexity index is 1070. The normalized spacial score (nSPS) is 13.2. The standard InChI is InChI=1S/C22H20N2O2S/c1-14-6-8-15(9-7-14)20-23-21(27)18-4-2-3-5-19(18)24(20)17-12-10-16(11-13-17)22(25)26/h6-13H,2-5H2,1H3,(H,25,26). The molecule has 0 aliphatic heterocycles. The van der Waals surface area contributed by atoms with Crippen molar-refractivity contribution in [2.75, 3.05) is 0 Å². The maximum absolute atomic E-state index is 11.2. The van der Waals surface area contributed by atoms with Gasteiger partial charge in [-0.25, -0.2) is 9.78 Å². The van der Waals surface area contributed by atoms with E-state index >= 15 is 0 Å². The summed E-state index contributed by atoms with van der Waals surface area (Å²) in [6, 6.07) is 15.2. The second-order valence-corrected chi connectivity index (χ2v) is 7.31. The van der Waals surface area contributed by atoms with Gasteiger partial charge in [0, 0.05) is 22.5 Å². The molecule has 136 valence electrons. The van der Waals surface area contributed by atoms with Crippen LogP contribution in [0.5, 0.6) is 0 Å². The molecule has 1 aliphatic rings. The Hall–Kier alpha value is -2.79. The van der Waals surface area contributed by atoms with E-state index in [1.807, 2.05) is 12.1 Å². The number of aromatic carboxylic acids is 1. The van der Waals surface area contributed by atoms with Crippen LogP contribution in [0.15, 0.2) is 48.5 Å². The molecular weight excluding hydrogens is 356 g/mol. The molecule has 1 aromatic heterocycles. The second kappa shape index (κ2) is 7.08. The van der Waals surface area contributed by atoms with Crippen LogP contribution in [0.4, 0.5) is 0 Å².